The minimum Gasteiger partial charge on any atom is -0.444 e. The Balaban J connectivity index is 2.70. The molecule has 98 valence electrons. The van der Waals surface area contributed by atoms with Crippen LogP contribution in [0.2, 0.25) is 0 Å². The second-order valence-electron chi connectivity index (χ2n) is 4.69. The third kappa shape index (κ3) is 4.33. The maximum atomic E-state index is 11.6. The summed E-state index contributed by atoms with van der Waals surface area (Å²) in [6, 6.07) is -0.505. The number of ether oxygens (including phenoxy) is 1. The standard InChI is InChI=1S/C11H17N5O2/c1-5-6-7(8-14-9(12)16-15-8)13-10(17)18-11(2,3)4/h1,7H,6H2,2-4H3,(H,13,17)(H3,12,14,15,16)/t7-/m1/s1. The van der Waals surface area contributed by atoms with Crippen molar-refractivity contribution in [2.75, 3.05) is 5.73 Å². The Morgan fingerprint density at radius 2 is 2.33 bits per heavy atom. The summed E-state index contributed by atoms with van der Waals surface area (Å²) in [6.07, 6.45) is 4.93. The van der Waals surface area contributed by atoms with Gasteiger partial charge in [-0.3, -0.25) is 5.10 Å². The Bertz CT molecular complexity index is 455. The van der Waals surface area contributed by atoms with E-state index < -0.39 is 17.7 Å². The van der Waals surface area contributed by atoms with Gasteiger partial charge >= 0.3 is 6.09 Å². The summed E-state index contributed by atoms with van der Waals surface area (Å²) in [5, 5.41) is 8.90. The van der Waals surface area contributed by atoms with Gasteiger partial charge in [-0.1, -0.05) is 0 Å². The Kier molecular flexibility index (Phi) is 4.15. The first-order valence-corrected chi connectivity index (χ1v) is 5.42. The van der Waals surface area contributed by atoms with E-state index in [-0.39, 0.29) is 12.4 Å². The number of alkyl carbamates (subject to hydrolysis) is 1. The highest BCUT2D eigenvalue weighted by molar-refractivity contribution is 5.68. The number of hydrogen-bond donors (Lipinski definition) is 3. The lowest BCUT2D eigenvalue weighted by Crippen LogP contribution is -2.35. The number of rotatable bonds is 3. The molecule has 0 unspecified atom stereocenters. The lowest BCUT2D eigenvalue weighted by molar-refractivity contribution is 0.0502. The molecular formula is C11H17N5O2. The topological polar surface area (TPSA) is 106 Å². The highest BCUT2D eigenvalue weighted by Crippen LogP contribution is 2.14. The number of nitrogens with zero attached hydrogens (tertiary/aromatic N) is 2. The third-order valence-electron chi connectivity index (χ3n) is 1.86. The smallest absolute Gasteiger partial charge is 0.408 e. The summed E-state index contributed by atoms with van der Waals surface area (Å²) in [4.78, 5) is 15.6. The van der Waals surface area contributed by atoms with Crippen LogP contribution in [0.5, 0.6) is 0 Å². The molecule has 0 radical (unpaired) electrons. The zero-order chi connectivity index (χ0) is 13.8. The fourth-order valence-electron chi connectivity index (χ4n) is 1.23. The van der Waals surface area contributed by atoms with Gasteiger partial charge in [-0.15, -0.1) is 17.4 Å². The first-order chi connectivity index (χ1) is 8.31. The van der Waals surface area contributed by atoms with Gasteiger partial charge in [0.1, 0.15) is 17.5 Å². The highest BCUT2D eigenvalue weighted by atomic mass is 16.6. The minimum absolute atomic E-state index is 0.0954. The van der Waals surface area contributed by atoms with Crippen molar-refractivity contribution in [2.45, 2.75) is 38.8 Å². The molecule has 0 saturated carbocycles. The molecule has 1 heterocycles. The minimum atomic E-state index is -0.578. The van der Waals surface area contributed by atoms with Crippen LogP contribution in [-0.4, -0.2) is 26.9 Å². The van der Waals surface area contributed by atoms with Crippen molar-refractivity contribution in [1.82, 2.24) is 20.5 Å². The number of H-pyrrole nitrogens is 1. The summed E-state index contributed by atoms with van der Waals surface area (Å²) in [5.41, 5.74) is 4.82. The van der Waals surface area contributed by atoms with E-state index in [2.05, 4.69) is 26.4 Å². The number of amides is 1. The van der Waals surface area contributed by atoms with E-state index in [0.717, 1.165) is 0 Å². The van der Waals surface area contributed by atoms with E-state index in [4.69, 9.17) is 16.9 Å². The molecule has 0 aromatic carbocycles. The van der Waals surface area contributed by atoms with Crippen LogP contribution < -0.4 is 11.1 Å². The first-order valence-electron chi connectivity index (χ1n) is 5.42. The van der Waals surface area contributed by atoms with Gasteiger partial charge < -0.3 is 15.8 Å². The monoisotopic (exact) mass is 251 g/mol. The third-order valence-corrected chi connectivity index (χ3v) is 1.86. The highest BCUT2D eigenvalue weighted by Gasteiger charge is 2.22. The van der Waals surface area contributed by atoms with Crippen LogP contribution in [-0.2, 0) is 4.74 Å². The molecule has 0 spiro atoms. The van der Waals surface area contributed by atoms with Crippen molar-refractivity contribution in [3.05, 3.63) is 5.82 Å². The van der Waals surface area contributed by atoms with E-state index in [1.165, 1.54) is 0 Å². The molecule has 18 heavy (non-hydrogen) atoms. The fraction of sp³-hybridized carbons (Fsp3) is 0.545. The fourth-order valence-corrected chi connectivity index (χ4v) is 1.23. The average Bonchev–Trinajstić information content (AvgIpc) is 2.61. The molecule has 0 aliphatic rings. The maximum Gasteiger partial charge on any atom is 0.408 e. The summed E-state index contributed by atoms with van der Waals surface area (Å²) < 4.78 is 5.13. The molecule has 7 heteroatoms. The van der Waals surface area contributed by atoms with Gasteiger partial charge in [-0.25, -0.2) is 4.79 Å². The van der Waals surface area contributed by atoms with E-state index in [1.54, 1.807) is 20.8 Å². The lowest BCUT2D eigenvalue weighted by atomic mass is 10.2. The Morgan fingerprint density at radius 3 is 2.78 bits per heavy atom. The number of hydrogen-bond acceptors (Lipinski definition) is 5. The Morgan fingerprint density at radius 1 is 1.67 bits per heavy atom. The lowest BCUT2D eigenvalue weighted by Gasteiger charge is -2.21. The van der Waals surface area contributed by atoms with Crippen molar-refractivity contribution >= 4 is 12.0 Å². The average molecular weight is 251 g/mol. The van der Waals surface area contributed by atoms with Gasteiger partial charge in [0.15, 0.2) is 0 Å². The molecule has 1 amide bonds. The van der Waals surface area contributed by atoms with Crippen LogP contribution in [0.15, 0.2) is 0 Å². The Hall–Kier alpha value is -2.23. The van der Waals surface area contributed by atoms with Gasteiger partial charge in [0, 0.05) is 6.42 Å². The summed E-state index contributed by atoms with van der Waals surface area (Å²) in [6.45, 7) is 5.32. The number of nitrogen functional groups attached to an aromatic ring is 1. The molecule has 7 nitrogen and oxygen atoms in total. The van der Waals surface area contributed by atoms with Gasteiger partial charge in [0.2, 0.25) is 5.95 Å². The SMILES string of the molecule is C#CC[C@@H](NC(=O)OC(C)(C)C)c1nc(N)n[nH]1. The van der Waals surface area contributed by atoms with E-state index in [0.29, 0.717) is 5.82 Å². The largest absolute Gasteiger partial charge is 0.444 e. The first kappa shape index (κ1) is 13.8. The van der Waals surface area contributed by atoms with E-state index in [9.17, 15) is 4.79 Å². The molecule has 1 atom stereocenters. The zero-order valence-corrected chi connectivity index (χ0v) is 10.7. The molecule has 0 aliphatic heterocycles. The van der Waals surface area contributed by atoms with Crippen molar-refractivity contribution in [3.8, 4) is 12.3 Å². The quantitative estimate of drug-likeness (QED) is 0.694. The van der Waals surface area contributed by atoms with E-state index in [1.807, 2.05) is 0 Å². The van der Waals surface area contributed by atoms with Crippen LogP contribution >= 0.6 is 0 Å². The molecule has 0 saturated heterocycles. The summed E-state index contributed by atoms with van der Waals surface area (Å²) in [5.74, 6) is 2.94. The second kappa shape index (κ2) is 5.40. The number of carbonyl (C=O) groups is 1. The summed E-state index contributed by atoms with van der Waals surface area (Å²) >= 11 is 0. The van der Waals surface area contributed by atoms with Gasteiger partial charge in [0.25, 0.3) is 0 Å². The number of nitrogens with one attached hydrogen (secondary N) is 2. The molecule has 0 bridgehead atoms. The molecule has 4 N–H and O–H groups in total. The second-order valence-corrected chi connectivity index (χ2v) is 4.69. The zero-order valence-electron chi connectivity index (χ0n) is 10.7. The van der Waals surface area contributed by atoms with Crippen molar-refractivity contribution in [1.29, 1.82) is 0 Å². The van der Waals surface area contributed by atoms with Crippen LogP contribution in [0.4, 0.5) is 10.7 Å². The van der Waals surface area contributed by atoms with Gasteiger partial charge in [-0.2, -0.15) is 4.98 Å². The van der Waals surface area contributed by atoms with Crippen molar-refractivity contribution in [3.63, 3.8) is 0 Å². The molecular weight excluding hydrogens is 234 g/mol. The van der Waals surface area contributed by atoms with E-state index >= 15 is 0 Å². The Labute approximate surface area is 105 Å². The number of aromatic nitrogens is 3. The number of aromatic amines is 1. The number of terminal acetylenes is 1. The molecule has 0 fully saturated rings. The number of nitrogens with two attached hydrogens (primary N) is 1. The van der Waals surface area contributed by atoms with Crippen LogP contribution in [0.3, 0.4) is 0 Å². The number of anilines is 1. The van der Waals surface area contributed by atoms with Gasteiger partial charge in [-0.05, 0) is 20.8 Å². The summed E-state index contributed by atoms with van der Waals surface area (Å²) in [7, 11) is 0. The predicted octanol–water partition coefficient (Wildman–Crippen LogP) is 0.976. The van der Waals surface area contributed by atoms with Crippen LogP contribution in [0.25, 0.3) is 0 Å². The van der Waals surface area contributed by atoms with Gasteiger partial charge in [0.05, 0.1) is 0 Å². The molecule has 1 aromatic rings. The maximum absolute atomic E-state index is 11.6. The molecule has 0 aliphatic carbocycles. The normalized spacial score (nSPS) is 12.6. The van der Waals surface area contributed by atoms with Crippen molar-refractivity contribution < 1.29 is 9.53 Å². The van der Waals surface area contributed by atoms with Crippen LogP contribution in [0.1, 0.15) is 39.1 Å². The molecule has 1 aromatic heterocycles. The molecule has 1 rings (SSSR count). The van der Waals surface area contributed by atoms with Crippen molar-refractivity contribution in [2.24, 2.45) is 0 Å². The number of carbonyl (C=O) groups excluding carboxylic acids is 1. The predicted molar refractivity (Wildman–Crippen MR) is 66.4 cm³/mol. The van der Waals surface area contributed by atoms with Crippen LogP contribution in [0, 0.1) is 12.3 Å².